The summed E-state index contributed by atoms with van der Waals surface area (Å²) >= 11 is 0. The third-order valence-corrected chi connectivity index (χ3v) is 2.09. The summed E-state index contributed by atoms with van der Waals surface area (Å²) < 4.78 is 5.45. The Kier molecular flexibility index (Phi) is 2.05. The predicted molar refractivity (Wildman–Crippen MR) is 49.8 cm³/mol. The van der Waals surface area contributed by atoms with E-state index in [1.165, 1.54) is 0 Å². The minimum absolute atomic E-state index is 0.431. The maximum Gasteiger partial charge on any atom is 0.142 e. The highest BCUT2D eigenvalue weighted by molar-refractivity contribution is 5.60. The molecule has 1 aromatic carbocycles. The van der Waals surface area contributed by atoms with E-state index in [4.69, 9.17) is 10.00 Å². The minimum Gasteiger partial charge on any atom is -0.490 e. The van der Waals surface area contributed by atoms with E-state index in [0.29, 0.717) is 13.2 Å². The first kappa shape index (κ1) is 7.93. The molecule has 0 spiro atoms. The molecule has 1 heterocycles. The number of fused-ring (bicyclic) bond motifs is 1. The van der Waals surface area contributed by atoms with Crippen LogP contribution in [-0.4, -0.2) is 19.7 Å². The molecule has 0 atom stereocenters. The standard InChI is InChI=1S/C10H10N2O/c11-5-6-12-7-8-13-10-4-2-1-3-9(10)12/h1-4H,6-8H2. The summed E-state index contributed by atoms with van der Waals surface area (Å²) in [5, 5.41) is 8.61. The predicted octanol–water partition coefficient (Wildman–Crippen LogP) is 1.41. The number of benzene rings is 1. The summed E-state index contributed by atoms with van der Waals surface area (Å²) in [6.45, 7) is 1.89. The summed E-state index contributed by atoms with van der Waals surface area (Å²) in [5.41, 5.74) is 1.02. The van der Waals surface area contributed by atoms with Gasteiger partial charge in [0.15, 0.2) is 0 Å². The third-order valence-electron chi connectivity index (χ3n) is 2.09. The Hall–Kier alpha value is -1.69. The van der Waals surface area contributed by atoms with Gasteiger partial charge in [-0.2, -0.15) is 5.26 Å². The molecule has 0 unspecified atom stereocenters. The van der Waals surface area contributed by atoms with Gasteiger partial charge >= 0.3 is 0 Å². The zero-order valence-electron chi connectivity index (χ0n) is 7.23. The number of anilines is 1. The molecular formula is C10H10N2O. The van der Waals surface area contributed by atoms with Crippen molar-refractivity contribution in [1.82, 2.24) is 0 Å². The van der Waals surface area contributed by atoms with Gasteiger partial charge in [-0.1, -0.05) is 12.1 Å². The van der Waals surface area contributed by atoms with Crippen molar-refractivity contribution in [3.63, 3.8) is 0 Å². The number of hydrogen-bond donors (Lipinski definition) is 0. The van der Waals surface area contributed by atoms with Gasteiger partial charge < -0.3 is 9.64 Å². The Morgan fingerprint density at radius 3 is 3.15 bits per heavy atom. The highest BCUT2D eigenvalue weighted by Gasteiger charge is 2.15. The van der Waals surface area contributed by atoms with Crippen LogP contribution in [0.25, 0.3) is 0 Å². The first-order valence-electron chi connectivity index (χ1n) is 4.25. The van der Waals surface area contributed by atoms with Crippen LogP contribution in [0, 0.1) is 11.3 Å². The monoisotopic (exact) mass is 174 g/mol. The number of para-hydroxylation sites is 2. The lowest BCUT2D eigenvalue weighted by Crippen LogP contribution is -2.32. The SMILES string of the molecule is N#CCN1CCOc2ccccc21. The van der Waals surface area contributed by atoms with Gasteiger partial charge in [-0.3, -0.25) is 0 Å². The number of ether oxygens (including phenoxy) is 1. The van der Waals surface area contributed by atoms with E-state index in [1.807, 2.05) is 29.2 Å². The lowest BCUT2D eigenvalue weighted by Gasteiger charge is -2.28. The van der Waals surface area contributed by atoms with E-state index in [9.17, 15) is 0 Å². The van der Waals surface area contributed by atoms with Crippen LogP contribution < -0.4 is 9.64 Å². The molecule has 0 fully saturated rings. The fraction of sp³-hybridized carbons (Fsp3) is 0.300. The molecule has 0 N–H and O–H groups in total. The second kappa shape index (κ2) is 3.36. The molecule has 0 aliphatic carbocycles. The minimum atomic E-state index is 0.431. The Bertz CT molecular complexity index is 343. The zero-order valence-corrected chi connectivity index (χ0v) is 7.23. The summed E-state index contributed by atoms with van der Waals surface area (Å²) in [5.74, 6) is 0.879. The van der Waals surface area contributed by atoms with E-state index in [2.05, 4.69) is 6.07 Å². The van der Waals surface area contributed by atoms with E-state index >= 15 is 0 Å². The number of hydrogen-bond acceptors (Lipinski definition) is 3. The summed E-state index contributed by atoms with van der Waals surface area (Å²) in [6.07, 6.45) is 0. The van der Waals surface area contributed by atoms with Gasteiger partial charge in [-0.15, -0.1) is 0 Å². The van der Waals surface area contributed by atoms with Crippen molar-refractivity contribution in [2.24, 2.45) is 0 Å². The second-order valence-corrected chi connectivity index (χ2v) is 2.90. The number of rotatable bonds is 1. The lowest BCUT2D eigenvalue weighted by atomic mass is 10.2. The smallest absolute Gasteiger partial charge is 0.142 e. The van der Waals surface area contributed by atoms with E-state index in [1.54, 1.807) is 0 Å². The van der Waals surface area contributed by atoms with Gasteiger partial charge in [0.25, 0.3) is 0 Å². The van der Waals surface area contributed by atoms with Gasteiger partial charge in [-0.05, 0) is 12.1 Å². The van der Waals surface area contributed by atoms with Gasteiger partial charge in [0.05, 0.1) is 18.3 Å². The summed E-state index contributed by atoms with van der Waals surface area (Å²) in [7, 11) is 0. The van der Waals surface area contributed by atoms with Crippen LogP contribution in [0.3, 0.4) is 0 Å². The molecule has 3 nitrogen and oxygen atoms in total. The maximum absolute atomic E-state index is 8.61. The average molecular weight is 174 g/mol. The molecule has 66 valence electrons. The number of nitrogens with zero attached hydrogens (tertiary/aromatic N) is 2. The van der Waals surface area contributed by atoms with E-state index < -0.39 is 0 Å². The Labute approximate surface area is 77.2 Å². The van der Waals surface area contributed by atoms with Crippen LogP contribution in [-0.2, 0) is 0 Å². The maximum atomic E-state index is 8.61. The van der Waals surface area contributed by atoms with Gasteiger partial charge in [0.1, 0.15) is 18.9 Å². The molecule has 1 aliphatic heterocycles. The lowest BCUT2D eigenvalue weighted by molar-refractivity contribution is 0.309. The zero-order chi connectivity index (χ0) is 9.10. The molecule has 3 heteroatoms. The van der Waals surface area contributed by atoms with Crippen molar-refractivity contribution < 1.29 is 4.74 Å². The second-order valence-electron chi connectivity index (χ2n) is 2.90. The van der Waals surface area contributed by atoms with Crippen LogP contribution in [0.15, 0.2) is 24.3 Å². The molecule has 0 saturated heterocycles. The fourth-order valence-corrected chi connectivity index (χ4v) is 1.48. The van der Waals surface area contributed by atoms with Crippen molar-refractivity contribution in [2.75, 3.05) is 24.6 Å². The van der Waals surface area contributed by atoms with Crippen LogP contribution in [0.1, 0.15) is 0 Å². The Morgan fingerprint density at radius 1 is 1.46 bits per heavy atom. The normalized spacial score (nSPS) is 14.2. The van der Waals surface area contributed by atoms with Crippen LogP contribution in [0.4, 0.5) is 5.69 Å². The number of nitriles is 1. The van der Waals surface area contributed by atoms with Gasteiger partial charge in [-0.25, -0.2) is 0 Å². The molecule has 0 saturated carbocycles. The Balaban J connectivity index is 2.32. The van der Waals surface area contributed by atoms with E-state index in [0.717, 1.165) is 18.0 Å². The van der Waals surface area contributed by atoms with Crippen LogP contribution in [0.2, 0.25) is 0 Å². The molecule has 1 aliphatic rings. The van der Waals surface area contributed by atoms with Gasteiger partial charge in [0.2, 0.25) is 0 Å². The highest BCUT2D eigenvalue weighted by atomic mass is 16.5. The molecule has 0 amide bonds. The fourth-order valence-electron chi connectivity index (χ4n) is 1.48. The van der Waals surface area contributed by atoms with Crippen molar-refractivity contribution in [3.8, 4) is 11.8 Å². The topological polar surface area (TPSA) is 36.3 Å². The van der Waals surface area contributed by atoms with E-state index in [-0.39, 0.29) is 0 Å². The summed E-state index contributed by atoms with van der Waals surface area (Å²) in [6, 6.07) is 9.95. The highest BCUT2D eigenvalue weighted by Crippen LogP contribution is 2.30. The third kappa shape index (κ3) is 1.43. The average Bonchev–Trinajstić information content (AvgIpc) is 2.19. The van der Waals surface area contributed by atoms with Crippen molar-refractivity contribution in [1.29, 1.82) is 5.26 Å². The quantitative estimate of drug-likeness (QED) is 0.604. The molecule has 0 radical (unpaired) electrons. The van der Waals surface area contributed by atoms with Crippen molar-refractivity contribution in [3.05, 3.63) is 24.3 Å². The first-order valence-corrected chi connectivity index (χ1v) is 4.25. The largest absolute Gasteiger partial charge is 0.490 e. The molecular weight excluding hydrogens is 164 g/mol. The molecule has 0 bridgehead atoms. The molecule has 13 heavy (non-hydrogen) atoms. The Morgan fingerprint density at radius 2 is 2.31 bits per heavy atom. The molecule has 1 aromatic rings. The van der Waals surface area contributed by atoms with Crippen LogP contribution >= 0.6 is 0 Å². The van der Waals surface area contributed by atoms with Crippen LogP contribution in [0.5, 0.6) is 5.75 Å². The molecule has 0 aromatic heterocycles. The van der Waals surface area contributed by atoms with Crippen molar-refractivity contribution in [2.45, 2.75) is 0 Å². The summed E-state index contributed by atoms with van der Waals surface area (Å²) in [4.78, 5) is 2.03. The van der Waals surface area contributed by atoms with Gasteiger partial charge in [0, 0.05) is 0 Å². The first-order chi connectivity index (χ1) is 6.42. The van der Waals surface area contributed by atoms with Crippen molar-refractivity contribution >= 4 is 5.69 Å². The molecule has 2 rings (SSSR count).